The van der Waals surface area contributed by atoms with Crippen LogP contribution in [0.3, 0.4) is 0 Å². The van der Waals surface area contributed by atoms with Crippen molar-refractivity contribution in [3.63, 3.8) is 0 Å². The lowest BCUT2D eigenvalue weighted by Crippen LogP contribution is -2.43. The number of nitrogens with one attached hydrogen (secondary N) is 1. The fourth-order valence-corrected chi connectivity index (χ4v) is 1.38. The average Bonchev–Trinajstić information content (AvgIpc) is 2.05. The highest BCUT2D eigenvalue weighted by molar-refractivity contribution is 5.73. The van der Waals surface area contributed by atoms with Crippen LogP contribution in [-0.2, 0) is 4.79 Å². The van der Waals surface area contributed by atoms with E-state index >= 15 is 0 Å². The van der Waals surface area contributed by atoms with Crippen molar-refractivity contribution in [2.24, 2.45) is 5.73 Å². The molecule has 1 aliphatic rings. The van der Waals surface area contributed by atoms with Crippen LogP contribution in [0, 0.1) is 0 Å². The Morgan fingerprint density at radius 3 is 2.92 bits per heavy atom. The molecule has 12 heavy (non-hydrogen) atoms. The molecule has 1 saturated heterocycles. The van der Waals surface area contributed by atoms with Crippen molar-refractivity contribution in [2.75, 3.05) is 19.6 Å². The summed E-state index contributed by atoms with van der Waals surface area (Å²) in [6.45, 7) is 3.10. The van der Waals surface area contributed by atoms with Gasteiger partial charge in [0.25, 0.3) is 0 Å². The number of hydrogen-bond donors (Lipinski definition) is 2. The van der Waals surface area contributed by atoms with E-state index in [0.717, 1.165) is 26.1 Å². The Morgan fingerprint density at radius 2 is 2.33 bits per heavy atom. The third-order valence-electron chi connectivity index (χ3n) is 2.04. The van der Waals surface area contributed by atoms with Crippen LogP contribution < -0.4 is 11.2 Å². The largest absolute Gasteiger partial charge is 0.370 e. The number of carbonyl (C=O) groups excluding carboxylic acids is 1. The topological polar surface area (TPSA) is 58.4 Å². The van der Waals surface area contributed by atoms with E-state index in [1.54, 1.807) is 0 Å². The van der Waals surface area contributed by atoms with Gasteiger partial charge >= 0.3 is 0 Å². The zero-order valence-electron chi connectivity index (χ0n) is 7.38. The maximum absolute atomic E-state index is 10.4. The summed E-state index contributed by atoms with van der Waals surface area (Å²) in [5.41, 5.74) is 8.30. The number of amides is 1. The molecule has 0 aromatic rings. The third kappa shape index (κ3) is 3.69. The van der Waals surface area contributed by atoms with Gasteiger partial charge in [-0.05, 0) is 19.3 Å². The van der Waals surface area contributed by atoms with E-state index in [2.05, 4.69) is 10.4 Å². The first-order chi connectivity index (χ1) is 5.79. The molecule has 1 heterocycles. The van der Waals surface area contributed by atoms with E-state index in [4.69, 9.17) is 5.73 Å². The van der Waals surface area contributed by atoms with Crippen LogP contribution >= 0.6 is 0 Å². The summed E-state index contributed by atoms with van der Waals surface area (Å²) in [5.74, 6) is -0.202. The highest BCUT2D eigenvalue weighted by atomic mass is 16.1. The Hall–Kier alpha value is -0.610. The Kier molecular flexibility index (Phi) is 4.04. The second-order valence-corrected chi connectivity index (χ2v) is 3.17. The van der Waals surface area contributed by atoms with Gasteiger partial charge in [0.1, 0.15) is 0 Å². The Balaban J connectivity index is 2.01. The Morgan fingerprint density at radius 1 is 1.50 bits per heavy atom. The molecule has 70 valence electrons. The fourth-order valence-electron chi connectivity index (χ4n) is 1.38. The SMILES string of the molecule is NC(=O)CCCN1CCCCN1. The highest BCUT2D eigenvalue weighted by Gasteiger charge is 2.08. The van der Waals surface area contributed by atoms with Gasteiger partial charge in [-0.25, -0.2) is 5.01 Å². The Bertz CT molecular complexity index is 143. The maximum Gasteiger partial charge on any atom is 0.217 e. The second-order valence-electron chi connectivity index (χ2n) is 3.17. The van der Waals surface area contributed by atoms with E-state index in [1.807, 2.05) is 0 Å². The molecule has 1 amide bonds. The van der Waals surface area contributed by atoms with E-state index in [1.165, 1.54) is 12.8 Å². The van der Waals surface area contributed by atoms with Gasteiger partial charge in [0.05, 0.1) is 0 Å². The van der Waals surface area contributed by atoms with Gasteiger partial charge in [-0.3, -0.25) is 10.2 Å². The van der Waals surface area contributed by atoms with E-state index in [-0.39, 0.29) is 5.91 Å². The summed E-state index contributed by atoms with van der Waals surface area (Å²) in [7, 11) is 0. The quantitative estimate of drug-likeness (QED) is 0.618. The predicted molar refractivity (Wildman–Crippen MR) is 47.2 cm³/mol. The first-order valence-corrected chi connectivity index (χ1v) is 4.56. The predicted octanol–water partition coefficient (Wildman–Crippen LogP) is -0.148. The van der Waals surface area contributed by atoms with Crippen molar-refractivity contribution < 1.29 is 4.79 Å². The Labute approximate surface area is 73.1 Å². The van der Waals surface area contributed by atoms with Crippen molar-refractivity contribution >= 4 is 5.91 Å². The number of hydrazine groups is 1. The molecule has 3 N–H and O–H groups in total. The molecular weight excluding hydrogens is 154 g/mol. The monoisotopic (exact) mass is 171 g/mol. The molecule has 0 radical (unpaired) electrons. The molecule has 4 nitrogen and oxygen atoms in total. The normalized spacial score (nSPS) is 19.3. The second kappa shape index (κ2) is 5.11. The molecule has 0 aromatic carbocycles. The van der Waals surface area contributed by atoms with Gasteiger partial charge in [0, 0.05) is 26.1 Å². The zero-order chi connectivity index (χ0) is 8.81. The van der Waals surface area contributed by atoms with E-state index in [0.29, 0.717) is 6.42 Å². The van der Waals surface area contributed by atoms with Crippen LogP contribution in [0.25, 0.3) is 0 Å². The molecule has 0 atom stereocenters. The van der Waals surface area contributed by atoms with Gasteiger partial charge in [-0.2, -0.15) is 0 Å². The number of hydrogen-bond acceptors (Lipinski definition) is 3. The standard InChI is InChI=1S/C8H17N3O/c9-8(12)4-3-7-11-6-2-1-5-10-11/h10H,1-7H2,(H2,9,12). The van der Waals surface area contributed by atoms with E-state index < -0.39 is 0 Å². The minimum Gasteiger partial charge on any atom is -0.370 e. The van der Waals surface area contributed by atoms with Crippen LogP contribution in [0.5, 0.6) is 0 Å². The zero-order valence-corrected chi connectivity index (χ0v) is 7.38. The maximum atomic E-state index is 10.4. The smallest absolute Gasteiger partial charge is 0.217 e. The van der Waals surface area contributed by atoms with Crippen molar-refractivity contribution in [1.29, 1.82) is 0 Å². The first kappa shape index (κ1) is 9.48. The van der Waals surface area contributed by atoms with Crippen LogP contribution in [0.1, 0.15) is 25.7 Å². The summed E-state index contributed by atoms with van der Waals surface area (Å²) in [5, 5.41) is 2.17. The van der Waals surface area contributed by atoms with Crippen molar-refractivity contribution in [3.05, 3.63) is 0 Å². The van der Waals surface area contributed by atoms with Crippen molar-refractivity contribution in [2.45, 2.75) is 25.7 Å². The van der Waals surface area contributed by atoms with Gasteiger partial charge in [-0.15, -0.1) is 0 Å². The highest BCUT2D eigenvalue weighted by Crippen LogP contribution is 2.00. The molecule has 0 aliphatic carbocycles. The molecule has 0 unspecified atom stereocenters. The van der Waals surface area contributed by atoms with Crippen LogP contribution in [-0.4, -0.2) is 30.6 Å². The summed E-state index contributed by atoms with van der Waals surface area (Å²) < 4.78 is 0. The van der Waals surface area contributed by atoms with Crippen molar-refractivity contribution in [3.8, 4) is 0 Å². The molecule has 0 saturated carbocycles. The number of rotatable bonds is 4. The van der Waals surface area contributed by atoms with Gasteiger partial charge in [-0.1, -0.05) is 0 Å². The van der Waals surface area contributed by atoms with Gasteiger partial charge in [0.15, 0.2) is 0 Å². The number of nitrogens with two attached hydrogens (primary N) is 1. The minimum absolute atomic E-state index is 0.202. The lowest BCUT2D eigenvalue weighted by atomic mass is 10.2. The first-order valence-electron chi connectivity index (χ1n) is 4.56. The minimum atomic E-state index is -0.202. The van der Waals surface area contributed by atoms with Crippen LogP contribution in [0.15, 0.2) is 0 Å². The lowest BCUT2D eigenvalue weighted by Gasteiger charge is -2.27. The molecule has 4 heteroatoms. The van der Waals surface area contributed by atoms with Gasteiger partial charge in [0.2, 0.25) is 5.91 Å². The lowest BCUT2D eigenvalue weighted by molar-refractivity contribution is -0.118. The molecule has 0 aromatic heterocycles. The van der Waals surface area contributed by atoms with Crippen molar-refractivity contribution in [1.82, 2.24) is 10.4 Å². The molecule has 1 rings (SSSR count). The van der Waals surface area contributed by atoms with Crippen LogP contribution in [0.2, 0.25) is 0 Å². The molecule has 0 spiro atoms. The summed E-state index contributed by atoms with van der Waals surface area (Å²) in [6.07, 6.45) is 3.87. The fraction of sp³-hybridized carbons (Fsp3) is 0.875. The number of nitrogens with zero attached hydrogens (tertiary/aromatic N) is 1. The molecule has 1 fully saturated rings. The third-order valence-corrected chi connectivity index (χ3v) is 2.04. The summed E-state index contributed by atoms with van der Waals surface area (Å²) >= 11 is 0. The molecule has 1 aliphatic heterocycles. The average molecular weight is 171 g/mol. The number of carbonyl (C=O) groups is 1. The van der Waals surface area contributed by atoms with Crippen LogP contribution in [0.4, 0.5) is 0 Å². The van der Waals surface area contributed by atoms with E-state index in [9.17, 15) is 4.79 Å². The molecular formula is C8H17N3O. The molecule has 0 bridgehead atoms. The number of primary amides is 1. The summed E-state index contributed by atoms with van der Waals surface area (Å²) in [6, 6.07) is 0. The summed E-state index contributed by atoms with van der Waals surface area (Å²) in [4.78, 5) is 10.4. The van der Waals surface area contributed by atoms with Gasteiger partial charge < -0.3 is 5.73 Å².